The van der Waals surface area contributed by atoms with Crippen molar-refractivity contribution in [3.63, 3.8) is 0 Å². The van der Waals surface area contributed by atoms with Crippen LogP contribution in [0.2, 0.25) is 0 Å². The number of aliphatic hydroxyl groups is 1. The van der Waals surface area contributed by atoms with Gasteiger partial charge in [0.1, 0.15) is 5.82 Å². The van der Waals surface area contributed by atoms with Crippen LogP contribution in [0, 0.1) is 12.7 Å². The Labute approximate surface area is 140 Å². The summed E-state index contributed by atoms with van der Waals surface area (Å²) in [6.45, 7) is 6.09. The van der Waals surface area contributed by atoms with Crippen LogP contribution in [-0.4, -0.2) is 47.7 Å². The minimum atomic E-state index is -0.787. The van der Waals surface area contributed by atoms with Crippen LogP contribution in [0.3, 0.4) is 0 Å². The van der Waals surface area contributed by atoms with Gasteiger partial charge in [0.15, 0.2) is 5.13 Å². The Hall–Kier alpha value is -1.50. The smallest absolute Gasteiger partial charge is 0.185 e. The van der Waals surface area contributed by atoms with E-state index in [1.54, 1.807) is 29.5 Å². The number of aromatic nitrogens is 1. The molecule has 0 unspecified atom stereocenters. The minimum Gasteiger partial charge on any atom is -0.387 e. The lowest BCUT2D eigenvalue weighted by atomic mass is 10.1. The van der Waals surface area contributed by atoms with Gasteiger partial charge in [0.25, 0.3) is 0 Å². The highest BCUT2D eigenvalue weighted by Crippen LogP contribution is 2.23. The number of thiazole rings is 1. The van der Waals surface area contributed by atoms with Gasteiger partial charge in [0, 0.05) is 43.7 Å². The summed E-state index contributed by atoms with van der Waals surface area (Å²) in [5.41, 5.74) is 1.44. The van der Waals surface area contributed by atoms with Gasteiger partial charge in [-0.1, -0.05) is 18.2 Å². The molecule has 0 aliphatic carbocycles. The number of aryl methyl sites for hydroxylation is 1. The fraction of sp³-hybridized carbons (Fsp3) is 0.471. The quantitative estimate of drug-likeness (QED) is 0.933. The molecular formula is C17H22FN3OS. The summed E-state index contributed by atoms with van der Waals surface area (Å²) < 4.78 is 13.8. The number of nitrogens with zero attached hydrogens (tertiary/aromatic N) is 3. The van der Waals surface area contributed by atoms with Gasteiger partial charge in [-0.3, -0.25) is 4.90 Å². The number of halogens is 1. The third kappa shape index (κ3) is 4.07. The van der Waals surface area contributed by atoms with E-state index in [1.807, 2.05) is 6.92 Å². The van der Waals surface area contributed by atoms with Crippen molar-refractivity contribution in [1.82, 2.24) is 9.88 Å². The minimum absolute atomic E-state index is 0.338. The summed E-state index contributed by atoms with van der Waals surface area (Å²) in [4.78, 5) is 9.05. The summed E-state index contributed by atoms with van der Waals surface area (Å²) in [6.07, 6.45) is 0.229. The van der Waals surface area contributed by atoms with E-state index in [4.69, 9.17) is 0 Å². The molecule has 4 nitrogen and oxygen atoms in total. The van der Waals surface area contributed by atoms with Crippen LogP contribution in [0.5, 0.6) is 0 Å². The molecular weight excluding hydrogens is 313 g/mol. The first-order valence-corrected chi connectivity index (χ1v) is 8.83. The Bertz CT molecular complexity index is 648. The molecule has 0 saturated carbocycles. The van der Waals surface area contributed by atoms with Crippen LogP contribution in [-0.2, 0) is 0 Å². The zero-order chi connectivity index (χ0) is 16.2. The number of hydrogen-bond acceptors (Lipinski definition) is 5. The maximum atomic E-state index is 13.8. The summed E-state index contributed by atoms with van der Waals surface area (Å²) in [7, 11) is 0. The molecule has 1 atom stereocenters. The van der Waals surface area contributed by atoms with Crippen molar-refractivity contribution in [2.24, 2.45) is 0 Å². The van der Waals surface area contributed by atoms with Gasteiger partial charge in [-0.05, 0) is 19.4 Å². The Kier molecular flexibility index (Phi) is 5.25. The number of aliphatic hydroxyl groups excluding tert-OH is 1. The Morgan fingerprint density at radius 2 is 2.09 bits per heavy atom. The van der Waals surface area contributed by atoms with Gasteiger partial charge in [0.05, 0.1) is 11.8 Å². The number of benzene rings is 1. The van der Waals surface area contributed by atoms with E-state index in [1.165, 1.54) is 6.07 Å². The second kappa shape index (κ2) is 7.38. The molecule has 2 heterocycles. The van der Waals surface area contributed by atoms with Crippen molar-refractivity contribution in [2.45, 2.75) is 19.4 Å². The Balaban J connectivity index is 1.59. The molecule has 2 aromatic rings. The van der Waals surface area contributed by atoms with Crippen molar-refractivity contribution in [3.8, 4) is 0 Å². The first-order valence-electron chi connectivity index (χ1n) is 7.95. The Morgan fingerprint density at radius 3 is 2.83 bits per heavy atom. The van der Waals surface area contributed by atoms with Crippen LogP contribution < -0.4 is 4.90 Å². The average Bonchev–Trinajstić information content (AvgIpc) is 2.83. The summed E-state index contributed by atoms with van der Waals surface area (Å²) in [6, 6.07) is 6.46. The molecule has 0 amide bonds. The standard InChI is InChI=1S/C17H22FN3OS/c1-13-12-23-17(19-13)21-8-4-7-20(9-10-21)11-16(22)14-5-2-3-6-15(14)18/h2-3,5-6,12,16,22H,4,7-11H2,1H3/t16-/m1/s1. The van der Waals surface area contributed by atoms with Crippen LogP contribution in [0.1, 0.15) is 23.8 Å². The first-order chi connectivity index (χ1) is 11.1. The second-order valence-electron chi connectivity index (χ2n) is 5.95. The van der Waals surface area contributed by atoms with Gasteiger partial charge in [0.2, 0.25) is 0 Å². The van der Waals surface area contributed by atoms with Gasteiger partial charge >= 0.3 is 0 Å². The van der Waals surface area contributed by atoms with Crippen LogP contribution >= 0.6 is 11.3 Å². The lowest BCUT2D eigenvalue weighted by Crippen LogP contribution is -2.33. The predicted molar refractivity (Wildman–Crippen MR) is 91.5 cm³/mol. The second-order valence-corrected chi connectivity index (χ2v) is 6.79. The van der Waals surface area contributed by atoms with Crippen LogP contribution in [0.25, 0.3) is 0 Å². The SMILES string of the molecule is Cc1csc(N2CCCN(C[C@@H](O)c3ccccc3F)CC2)n1. The fourth-order valence-corrected chi connectivity index (χ4v) is 3.78. The molecule has 1 aliphatic heterocycles. The predicted octanol–water partition coefficient (Wildman–Crippen LogP) is 2.84. The van der Waals surface area contributed by atoms with E-state index in [2.05, 4.69) is 20.2 Å². The van der Waals surface area contributed by atoms with Gasteiger partial charge < -0.3 is 10.0 Å². The van der Waals surface area contributed by atoms with Gasteiger partial charge in [-0.15, -0.1) is 11.3 Å². The zero-order valence-electron chi connectivity index (χ0n) is 13.3. The molecule has 1 fully saturated rings. The van der Waals surface area contributed by atoms with E-state index in [0.717, 1.165) is 43.4 Å². The molecule has 1 aromatic heterocycles. The van der Waals surface area contributed by atoms with Crippen molar-refractivity contribution in [3.05, 3.63) is 46.7 Å². The number of β-amino-alcohol motifs (C(OH)–C–C–N with tert-alkyl or cyclic N) is 1. The molecule has 124 valence electrons. The van der Waals surface area contributed by atoms with Crippen LogP contribution in [0.15, 0.2) is 29.6 Å². The fourth-order valence-electron chi connectivity index (χ4n) is 2.92. The molecule has 1 aromatic carbocycles. The normalized spacial score (nSPS) is 18.0. The van der Waals surface area contributed by atoms with Crippen molar-refractivity contribution >= 4 is 16.5 Å². The van der Waals surface area contributed by atoms with E-state index in [-0.39, 0.29) is 5.82 Å². The third-order valence-corrected chi connectivity index (χ3v) is 5.18. The lowest BCUT2D eigenvalue weighted by molar-refractivity contribution is 0.114. The van der Waals surface area contributed by atoms with Crippen molar-refractivity contribution in [2.75, 3.05) is 37.6 Å². The summed E-state index contributed by atoms with van der Waals surface area (Å²) in [5, 5.41) is 13.5. The maximum Gasteiger partial charge on any atom is 0.185 e. The van der Waals surface area contributed by atoms with Gasteiger partial charge in [-0.25, -0.2) is 9.37 Å². The van der Waals surface area contributed by atoms with E-state index < -0.39 is 6.10 Å². The largest absolute Gasteiger partial charge is 0.387 e. The molecule has 0 spiro atoms. The van der Waals surface area contributed by atoms with Crippen LogP contribution in [0.4, 0.5) is 9.52 Å². The monoisotopic (exact) mass is 335 g/mol. The van der Waals surface area contributed by atoms with E-state index >= 15 is 0 Å². The molecule has 3 rings (SSSR count). The highest BCUT2D eigenvalue weighted by molar-refractivity contribution is 7.13. The van der Waals surface area contributed by atoms with Crippen molar-refractivity contribution < 1.29 is 9.50 Å². The highest BCUT2D eigenvalue weighted by Gasteiger charge is 2.21. The maximum absolute atomic E-state index is 13.8. The molecule has 1 aliphatic rings. The molecule has 6 heteroatoms. The number of anilines is 1. The molecule has 23 heavy (non-hydrogen) atoms. The van der Waals surface area contributed by atoms with E-state index in [9.17, 15) is 9.50 Å². The van der Waals surface area contributed by atoms with E-state index in [0.29, 0.717) is 12.1 Å². The highest BCUT2D eigenvalue weighted by atomic mass is 32.1. The first kappa shape index (κ1) is 16.4. The Morgan fingerprint density at radius 1 is 1.26 bits per heavy atom. The molecule has 1 saturated heterocycles. The average molecular weight is 335 g/mol. The summed E-state index contributed by atoms with van der Waals surface area (Å²) >= 11 is 1.68. The van der Waals surface area contributed by atoms with Crippen molar-refractivity contribution in [1.29, 1.82) is 0 Å². The lowest BCUT2D eigenvalue weighted by Gasteiger charge is -2.24. The topological polar surface area (TPSA) is 39.6 Å². The summed E-state index contributed by atoms with van der Waals surface area (Å²) in [5.74, 6) is -0.338. The molecule has 0 bridgehead atoms. The number of hydrogen-bond donors (Lipinski definition) is 1. The molecule has 1 N–H and O–H groups in total. The number of rotatable bonds is 4. The van der Waals surface area contributed by atoms with Gasteiger partial charge in [-0.2, -0.15) is 0 Å². The molecule has 0 radical (unpaired) electrons. The zero-order valence-corrected chi connectivity index (χ0v) is 14.1. The third-order valence-electron chi connectivity index (χ3n) is 4.16.